The molecule has 12 heavy (non-hydrogen) atoms. The number of nitrogens with one attached hydrogen (secondary N) is 1. The molecule has 0 radical (unpaired) electrons. The normalized spacial score (nSPS) is 14.8. The second kappa shape index (κ2) is 3.50. The highest BCUT2D eigenvalue weighted by molar-refractivity contribution is 7.95. The molecule has 0 aliphatic carbocycles. The highest BCUT2D eigenvalue weighted by Crippen LogP contribution is 2.32. The third kappa shape index (κ3) is 4.14. The van der Waals surface area contributed by atoms with E-state index in [9.17, 15) is 8.42 Å². The van der Waals surface area contributed by atoms with Gasteiger partial charge in [0.1, 0.15) is 0 Å². The average molecular weight is 255 g/mol. The Balaban J connectivity index is 4.70. The Kier molecular flexibility index (Phi) is 3.73. The van der Waals surface area contributed by atoms with Gasteiger partial charge in [-0.15, -0.1) is 0 Å². The molecule has 0 aromatic heterocycles. The van der Waals surface area contributed by atoms with Crippen molar-refractivity contribution in [1.29, 1.82) is 0 Å². The predicted molar refractivity (Wildman–Crippen MR) is 52.1 cm³/mol. The first-order valence-electron chi connectivity index (χ1n) is 3.06. The molecule has 0 aromatic carbocycles. The van der Waals surface area contributed by atoms with Crippen molar-refractivity contribution >= 4 is 44.8 Å². The van der Waals surface area contributed by atoms with Gasteiger partial charge in [-0.2, -0.15) is 0 Å². The van der Waals surface area contributed by atoms with E-state index >= 15 is 0 Å². The maximum atomic E-state index is 11.2. The molecule has 0 aliphatic heterocycles. The lowest BCUT2D eigenvalue weighted by molar-refractivity contribution is 0.491. The van der Waals surface area contributed by atoms with E-state index in [1.54, 1.807) is 20.8 Å². The Morgan fingerprint density at radius 3 is 1.50 bits per heavy atom. The lowest BCUT2D eigenvalue weighted by atomic mass is 10.1. The van der Waals surface area contributed by atoms with Crippen molar-refractivity contribution < 1.29 is 8.42 Å². The van der Waals surface area contributed by atoms with Gasteiger partial charge in [0.15, 0.2) is 0 Å². The first-order chi connectivity index (χ1) is 4.96. The molecule has 0 amide bonds. The molecule has 0 saturated carbocycles. The third-order valence-corrected chi connectivity index (χ3v) is 4.06. The molecule has 0 rings (SSSR count). The Morgan fingerprint density at radius 2 is 1.42 bits per heavy atom. The number of halogens is 3. The van der Waals surface area contributed by atoms with Gasteiger partial charge in [-0.3, -0.25) is 0 Å². The van der Waals surface area contributed by atoms with Crippen LogP contribution in [-0.4, -0.2) is 17.1 Å². The second-order valence-electron chi connectivity index (χ2n) is 3.30. The van der Waals surface area contributed by atoms with Crippen molar-refractivity contribution in [2.75, 3.05) is 0 Å². The van der Waals surface area contributed by atoms with Crippen LogP contribution < -0.4 is 4.72 Å². The monoisotopic (exact) mass is 253 g/mol. The molecule has 7 heteroatoms. The van der Waals surface area contributed by atoms with Gasteiger partial charge in [0, 0.05) is 5.54 Å². The fourth-order valence-corrected chi connectivity index (χ4v) is 1.73. The molecule has 0 aliphatic rings. The van der Waals surface area contributed by atoms with Gasteiger partial charge in [-0.1, -0.05) is 34.8 Å². The van der Waals surface area contributed by atoms with Gasteiger partial charge in [-0.05, 0) is 20.8 Å². The SMILES string of the molecule is CC(C)(C)NS(=O)(=O)C(Cl)(Cl)Cl. The lowest BCUT2D eigenvalue weighted by Gasteiger charge is -2.23. The highest BCUT2D eigenvalue weighted by atomic mass is 35.6. The van der Waals surface area contributed by atoms with E-state index in [1.807, 2.05) is 0 Å². The van der Waals surface area contributed by atoms with Gasteiger partial charge >= 0.3 is 3.12 Å². The van der Waals surface area contributed by atoms with Crippen LogP contribution >= 0.6 is 34.8 Å². The summed E-state index contributed by atoms with van der Waals surface area (Å²) >= 11 is 15.6. The summed E-state index contributed by atoms with van der Waals surface area (Å²) < 4.78 is 22.2. The van der Waals surface area contributed by atoms with Crippen molar-refractivity contribution in [1.82, 2.24) is 4.72 Å². The molecule has 0 spiro atoms. The zero-order valence-electron chi connectivity index (χ0n) is 6.86. The summed E-state index contributed by atoms with van der Waals surface area (Å²) in [6, 6.07) is 0. The molecule has 1 N–H and O–H groups in total. The minimum absolute atomic E-state index is 0.650. The number of rotatable bonds is 1. The summed E-state index contributed by atoms with van der Waals surface area (Å²) in [5, 5.41) is 0. The van der Waals surface area contributed by atoms with E-state index in [2.05, 4.69) is 4.72 Å². The number of alkyl halides is 3. The lowest BCUT2D eigenvalue weighted by Crippen LogP contribution is -2.45. The standard InChI is InChI=1S/C5H10Cl3NO2S/c1-4(2,3)9-12(10,11)5(6,7)8/h9H,1-3H3. The smallest absolute Gasteiger partial charge is 0.208 e. The van der Waals surface area contributed by atoms with Gasteiger partial charge in [-0.25, -0.2) is 13.1 Å². The van der Waals surface area contributed by atoms with E-state index in [1.165, 1.54) is 0 Å². The van der Waals surface area contributed by atoms with Crippen molar-refractivity contribution in [3.05, 3.63) is 0 Å². The van der Waals surface area contributed by atoms with Crippen LogP contribution in [0.2, 0.25) is 0 Å². The second-order valence-corrected chi connectivity index (χ2v) is 8.08. The van der Waals surface area contributed by atoms with E-state index in [0.29, 0.717) is 0 Å². The molecule has 0 heterocycles. The minimum Gasteiger partial charge on any atom is -0.208 e. The Labute approximate surface area is 87.4 Å². The summed E-state index contributed by atoms with van der Waals surface area (Å²) in [7, 11) is -3.91. The van der Waals surface area contributed by atoms with Crippen LogP contribution in [-0.2, 0) is 10.0 Å². The van der Waals surface area contributed by atoms with Gasteiger partial charge in [0.25, 0.3) is 10.0 Å². The predicted octanol–water partition coefficient (Wildman–Crippen LogP) is 2.03. The molecular formula is C5H10Cl3NO2S. The van der Waals surface area contributed by atoms with Crippen LogP contribution in [0.25, 0.3) is 0 Å². The van der Waals surface area contributed by atoms with Crippen LogP contribution in [0.3, 0.4) is 0 Å². The highest BCUT2D eigenvalue weighted by Gasteiger charge is 2.40. The van der Waals surface area contributed by atoms with E-state index in [0.717, 1.165) is 0 Å². The molecule has 3 nitrogen and oxygen atoms in total. The quantitative estimate of drug-likeness (QED) is 0.728. The molecule has 0 unspecified atom stereocenters. The van der Waals surface area contributed by atoms with Gasteiger partial charge in [0.2, 0.25) is 0 Å². The Morgan fingerprint density at radius 1 is 1.08 bits per heavy atom. The van der Waals surface area contributed by atoms with Crippen LogP contribution in [0.15, 0.2) is 0 Å². The topological polar surface area (TPSA) is 46.2 Å². The van der Waals surface area contributed by atoms with E-state index in [-0.39, 0.29) is 0 Å². The summed E-state index contributed by atoms with van der Waals surface area (Å²) in [6.45, 7) is 4.96. The number of hydrogen-bond acceptors (Lipinski definition) is 2. The Hall–Kier alpha value is 0.780. The van der Waals surface area contributed by atoms with Gasteiger partial charge < -0.3 is 0 Å². The zero-order valence-corrected chi connectivity index (χ0v) is 9.94. The maximum absolute atomic E-state index is 11.2. The van der Waals surface area contributed by atoms with Crippen LogP contribution in [0.1, 0.15) is 20.8 Å². The molecule has 0 fully saturated rings. The first-order valence-corrected chi connectivity index (χ1v) is 5.68. The number of hydrogen-bond donors (Lipinski definition) is 1. The van der Waals surface area contributed by atoms with Crippen molar-refractivity contribution in [2.45, 2.75) is 29.4 Å². The van der Waals surface area contributed by atoms with Crippen LogP contribution in [0.4, 0.5) is 0 Å². The van der Waals surface area contributed by atoms with Crippen molar-refractivity contribution in [2.24, 2.45) is 0 Å². The molecule has 0 atom stereocenters. The molecule has 0 bridgehead atoms. The largest absolute Gasteiger partial charge is 0.306 e. The third-order valence-electron chi connectivity index (χ3n) is 0.745. The molecule has 0 saturated heterocycles. The summed E-state index contributed by atoms with van der Waals surface area (Å²) in [6.07, 6.45) is 0. The fourth-order valence-electron chi connectivity index (χ4n) is 0.461. The molecule has 0 aromatic rings. The number of sulfonamides is 1. The minimum atomic E-state index is -3.91. The average Bonchev–Trinajstić information content (AvgIpc) is 1.52. The summed E-state index contributed by atoms with van der Waals surface area (Å²) in [4.78, 5) is 0. The fraction of sp³-hybridized carbons (Fsp3) is 1.00. The molecular weight excluding hydrogens is 244 g/mol. The summed E-state index contributed by atoms with van der Waals surface area (Å²) in [5.41, 5.74) is -0.650. The van der Waals surface area contributed by atoms with Crippen LogP contribution in [0.5, 0.6) is 0 Å². The van der Waals surface area contributed by atoms with Crippen molar-refractivity contribution in [3.63, 3.8) is 0 Å². The first kappa shape index (κ1) is 12.8. The van der Waals surface area contributed by atoms with Crippen molar-refractivity contribution in [3.8, 4) is 0 Å². The Bertz CT molecular complexity index is 249. The van der Waals surface area contributed by atoms with E-state index in [4.69, 9.17) is 34.8 Å². The zero-order chi connectivity index (χ0) is 10.2. The maximum Gasteiger partial charge on any atom is 0.306 e. The summed E-state index contributed by atoms with van der Waals surface area (Å²) in [5.74, 6) is 0. The van der Waals surface area contributed by atoms with E-state index < -0.39 is 18.7 Å². The van der Waals surface area contributed by atoms with Gasteiger partial charge in [0.05, 0.1) is 0 Å². The van der Waals surface area contributed by atoms with Crippen LogP contribution in [0, 0.1) is 0 Å². The molecule has 74 valence electrons.